The fraction of sp³-hybridized carbons (Fsp3) is 0.833. The highest BCUT2D eigenvalue weighted by Crippen LogP contribution is 2.36. The van der Waals surface area contributed by atoms with Crippen LogP contribution in [0.25, 0.3) is 0 Å². The molecule has 0 fully saturated rings. The number of rotatable bonds is 11. The van der Waals surface area contributed by atoms with Crippen LogP contribution in [0.1, 0.15) is 72.1 Å². The van der Waals surface area contributed by atoms with Crippen molar-refractivity contribution in [2.24, 2.45) is 0 Å². The highest BCUT2D eigenvalue weighted by Gasteiger charge is 2.36. The summed E-state index contributed by atoms with van der Waals surface area (Å²) in [6, 6.07) is 2.20. The molecule has 0 amide bonds. The van der Waals surface area contributed by atoms with Gasteiger partial charge in [-0.05, 0) is 50.2 Å². The third kappa shape index (κ3) is 10.7. The minimum absolute atomic E-state index is 0.314. The zero-order valence-corrected chi connectivity index (χ0v) is 15.9. The molecule has 0 aliphatic rings. The fourth-order valence-corrected chi connectivity index (χ4v) is 2.89. The Bertz CT molecular complexity index is 323. The van der Waals surface area contributed by atoms with Crippen LogP contribution < -0.4 is 0 Å². The van der Waals surface area contributed by atoms with E-state index in [0.29, 0.717) is 11.5 Å². The van der Waals surface area contributed by atoms with Crippen LogP contribution in [0.4, 0.5) is 0 Å². The summed E-state index contributed by atoms with van der Waals surface area (Å²) in [6.45, 7) is 12.4. The largest absolute Gasteiger partial charge is 0.417 e. The molecule has 0 saturated heterocycles. The Labute approximate surface area is 133 Å². The molecule has 0 radical (unpaired) electrons. The van der Waals surface area contributed by atoms with Gasteiger partial charge in [0.2, 0.25) is 0 Å². The van der Waals surface area contributed by atoms with Gasteiger partial charge in [-0.3, -0.25) is 0 Å². The summed E-state index contributed by atoms with van der Waals surface area (Å²) in [4.78, 5) is 0. The predicted octanol–water partition coefficient (Wildman–Crippen LogP) is 6.21. The van der Waals surface area contributed by atoms with Gasteiger partial charge in [0.05, 0.1) is 6.07 Å². The topological polar surface area (TPSA) is 33.0 Å². The summed E-state index contributed by atoms with van der Waals surface area (Å²) in [5, 5.41) is 8.75. The van der Waals surface area contributed by atoms with E-state index in [4.69, 9.17) is 9.69 Å². The second kappa shape index (κ2) is 11.0. The maximum atomic E-state index is 8.44. The van der Waals surface area contributed by atoms with Gasteiger partial charge in [-0.1, -0.05) is 45.8 Å². The van der Waals surface area contributed by atoms with E-state index in [1.165, 1.54) is 25.7 Å². The van der Waals surface area contributed by atoms with Crippen molar-refractivity contribution in [1.29, 1.82) is 5.26 Å². The Morgan fingerprint density at radius 3 is 2.10 bits per heavy atom. The first-order valence-corrected chi connectivity index (χ1v) is 11.4. The van der Waals surface area contributed by atoms with Gasteiger partial charge in [0, 0.05) is 13.0 Å². The van der Waals surface area contributed by atoms with E-state index in [1.807, 2.05) is 0 Å². The SMILES string of the molecule is CC(C)(C)[Si](C)(C)OCCC/C=C\CCCCCCC#N. The van der Waals surface area contributed by atoms with Crippen LogP contribution in [-0.4, -0.2) is 14.9 Å². The van der Waals surface area contributed by atoms with Crippen molar-refractivity contribution >= 4 is 8.32 Å². The Balaban J connectivity index is 3.47. The zero-order valence-electron chi connectivity index (χ0n) is 14.9. The van der Waals surface area contributed by atoms with Gasteiger partial charge in [0.15, 0.2) is 8.32 Å². The summed E-state index contributed by atoms with van der Waals surface area (Å²) < 4.78 is 6.16. The third-order valence-electron chi connectivity index (χ3n) is 4.36. The number of allylic oxidation sites excluding steroid dienone is 2. The molecule has 2 nitrogen and oxygen atoms in total. The molecule has 0 N–H and O–H groups in total. The van der Waals surface area contributed by atoms with E-state index < -0.39 is 8.32 Å². The summed E-state index contributed by atoms with van der Waals surface area (Å²) in [7, 11) is -1.55. The average molecular weight is 310 g/mol. The van der Waals surface area contributed by atoms with Gasteiger partial charge in [-0.25, -0.2) is 0 Å². The Morgan fingerprint density at radius 2 is 1.52 bits per heavy atom. The molecular weight excluding hydrogens is 274 g/mol. The second-order valence-corrected chi connectivity index (χ2v) is 12.1. The standard InChI is InChI=1S/C18H35NOSi/c1-18(2,3)21(4,5)20-17-15-13-11-9-7-6-8-10-12-14-16-19/h9,11H,6-8,10,12-15,17H2,1-5H3/b11-9-. The molecular formula is C18H35NOSi. The molecule has 0 heterocycles. The smallest absolute Gasteiger partial charge is 0.191 e. The molecule has 21 heavy (non-hydrogen) atoms. The molecule has 0 aromatic heterocycles. The second-order valence-electron chi connectivity index (χ2n) is 7.33. The van der Waals surface area contributed by atoms with Crippen LogP contribution >= 0.6 is 0 Å². The van der Waals surface area contributed by atoms with E-state index in [0.717, 1.165) is 25.9 Å². The third-order valence-corrected chi connectivity index (χ3v) is 8.90. The Morgan fingerprint density at radius 1 is 0.952 bits per heavy atom. The maximum Gasteiger partial charge on any atom is 0.191 e. The molecule has 0 rings (SSSR count). The number of hydrogen-bond donors (Lipinski definition) is 0. The Hall–Kier alpha value is -0.593. The van der Waals surface area contributed by atoms with Crippen molar-refractivity contribution in [2.75, 3.05) is 6.61 Å². The highest BCUT2D eigenvalue weighted by molar-refractivity contribution is 6.74. The highest BCUT2D eigenvalue weighted by atomic mass is 28.4. The monoisotopic (exact) mass is 309 g/mol. The Kier molecular flexibility index (Phi) is 10.7. The van der Waals surface area contributed by atoms with Gasteiger partial charge in [-0.2, -0.15) is 5.26 Å². The zero-order chi connectivity index (χ0) is 16.2. The summed E-state index contributed by atoms with van der Waals surface area (Å²) in [5.41, 5.74) is 0. The molecule has 0 atom stereocenters. The van der Waals surface area contributed by atoms with Gasteiger partial charge >= 0.3 is 0 Å². The first kappa shape index (κ1) is 20.4. The van der Waals surface area contributed by atoms with Gasteiger partial charge in [0.25, 0.3) is 0 Å². The van der Waals surface area contributed by atoms with E-state index in [9.17, 15) is 0 Å². The van der Waals surface area contributed by atoms with Crippen LogP contribution in [0.2, 0.25) is 18.1 Å². The summed E-state index contributed by atoms with van der Waals surface area (Å²) >= 11 is 0. The molecule has 0 aliphatic heterocycles. The lowest BCUT2D eigenvalue weighted by molar-refractivity contribution is 0.283. The summed E-state index contributed by atoms with van der Waals surface area (Å²) in [5.74, 6) is 0. The lowest BCUT2D eigenvalue weighted by Gasteiger charge is -2.36. The van der Waals surface area contributed by atoms with Crippen molar-refractivity contribution in [3.8, 4) is 6.07 Å². The minimum Gasteiger partial charge on any atom is -0.417 e. The predicted molar refractivity (Wildman–Crippen MR) is 94.8 cm³/mol. The van der Waals surface area contributed by atoms with Crippen molar-refractivity contribution in [1.82, 2.24) is 0 Å². The molecule has 0 unspecified atom stereocenters. The van der Waals surface area contributed by atoms with Crippen molar-refractivity contribution in [2.45, 2.75) is 90.3 Å². The van der Waals surface area contributed by atoms with E-state index >= 15 is 0 Å². The molecule has 0 aliphatic carbocycles. The van der Waals surface area contributed by atoms with Crippen LogP contribution in [0, 0.1) is 11.3 Å². The van der Waals surface area contributed by atoms with Crippen LogP contribution in [0.15, 0.2) is 12.2 Å². The van der Waals surface area contributed by atoms with E-state index in [-0.39, 0.29) is 0 Å². The lowest BCUT2D eigenvalue weighted by Crippen LogP contribution is -2.40. The van der Waals surface area contributed by atoms with Crippen molar-refractivity contribution < 1.29 is 4.43 Å². The summed E-state index contributed by atoms with van der Waals surface area (Å²) in [6.07, 6.45) is 13.5. The van der Waals surface area contributed by atoms with E-state index in [2.05, 4.69) is 52.1 Å². The van der Waals surface area contributed by atoms with Gasteiger partial charge in [0.1, 0.15) is 0 Å². The normalized spacial score (nSPS) is 12.8. The fourth-order valence-electron chi connectivity index (χ4n) is 1.80. The number of nitrogens with zero attached hydrogens (tertiary/aromatic N) is 1. The van der Waals surface area contributed by atoms with Crippen LogP contribution in [0.3, 0.4) is 0 Å². The quantitative estimate of drug-likeness (QED) is 0.258. The lowest BCUT2D eigenvalue weighted by atomic mass is 10.1. The van der Waals surface area contributed by atoms with Gasteiger partial charge < -0.3 is 4.43 Å². The van der Waals surface area contributed by atoms with Crippen LogP contribution in [0.5, 0.6) is 0 Å². The number of unbranched alkanes of at least 4 members (excludes halogenated alkanes) is 6. The van der Waals surface area contributed by atoms with Crippen molar-refractivity contribution in [3.63, 3.8) is 0 Å². The maximum absolute atomic E-state index is 8.44. The van der Waals surface area contributed by atoms with Gasteiger partial charge in [-0.15, -0.1) is 0 Å². The first-order valence-electron chi connectivity index (χ1n) is 8.47. The minimum atomic E-state index is -1.55. The molecule has 0 aromatic rings. The molecule has 0 saturated carbocycles. The molecule has 122 valence electrons. The average Bonchev–Trinajstić information content (AvgIpc) is 2.38. The van der Waals surface area contributed by atoms with Crippen LogP contribution in [-0.2, 0) is 4.43 Å². The number of nitriles is 1. The molecule has 0 aromatic carbocycles. The molecule has 0 bridgehead atoms. The molecule has 0 spiro atoms. The number of hydrogen-bond acceptors (Lipinski definition) is 2. The van der Waals surface area contributed by atoms with E-state index in [1.54, 1.807) is 0 Å². The first-order chi connectivity index (χ1) is 9.81. The van der Waals surface area contributed by atoms with Crippen molar-refractivity contribution in [3.05, 3.63) is 12.2 Å². The molecule has 3 heteroatoms.